The highest BCUT2D eigenvalue weighted by Crippen LogP contribution is 2.37. The monoisotopic (exact) mass is 564 g/mol. The second-order valence-electron chi connectivity index (χ2n) is 10.9. The van der Waals surface area contributed by atoms with Gasteiger partial charge in [-0.1, -0.05) is 87.5 Å². The van der Waals surface area contributed by atoms with Gasteiger partial charge in [-0.3, -0.25) is 0 Å². The fourth-order valence-corrected chi connectivity index (χ4v) is 9.84. The number of aliphatic hydroxyl groups is 2. The Morgan fingerprint density at radius 2 is 1.40 bits per heavy atom. The highest BCUT2D eigenvalue weighted by Gasteiger charge is 2.52. The third-order valence-corrected chi connectivity index (χ3v) is 12.2. The Hall–Kier alpha value is -2.98. The van der Waals surface area contributed by atoms with E-state index in [0.29, 0.717) is 11.5 Å². The zero-order valence-corrected chi connectivity index (χ0v) is 24.6. The Labute approximate surface area is 238 Å². The van der Waals surface area contributed by atoms with E-state index in [1.165, 1.54) is 0 Å². The molecule has 3 aromatic rings. The second kappa shape index (κ2) is 13.1. The van der Waals surface area contributed by atoms with Crippen LogP contribution in [0.5, 0.6) is 11.5 Å². The molecule has 0 amide bonds. The summed E-state index contributed by atoms with van der Waals surface area (Å²) >= 11 is 0. The molecule has 8 heteroatoms. The summed E-state index contributed by atoms with van der Waals surface area (Å²) in [4.78, 5) is 0. The molecule has 1 heterocycles. The van der Waals surface area contributed by atoms with Crippen LogP contribution in [0, 0.1) is 0 Å². The second-order valence-corrected chi connectivity index (χ2v) is 15.2. The number of aliphatic hydroxyl groups excluding tert-OH is 2. The molecule has 0 bridgehead atoms. The fraction of sp³-hybridized carbons (Fsp3) is 0.375. The van der Waals surface area contributed by atoms with E-state index in [9.17, 15) is 10.2 Å². The van der Waals surface area contributed by atoms with Gasteiger partial charge in [-0.2, -0.15) is 0 Å². The third-order valence-electron chi connectivity index (χ3n) is 7.24. The van der Waals surface area contributed by atoms with Crippen LogP contribution in [0.2, 0.25) is 5.04 Å². The smallest absolute Gasteiger partial charge is 0.261 e. The molecule has 214 valence electrons. The molecule has 2 N–H and O–H groups in total. The standard InChI is InChI=1S/C32H40O7Si/c1-6-21-36-30-28(33)27(39-31(29(30)34)38-24-19-17-23(35-5)18-20-24)22-37-40(32(2,3)4,25-13-9-7-10-14-25)26-15-11-8-12-16-26/h6-20,27-31,33-34H,1,21-22H2,2-5H3/t27-,28+,29-,30+,31-/m1/s1. The van der Waals surface area contributed by atoms with Gasteiger partial charge < -0.3 is 33.6 Å². The SMILES string of the molecule is C=CCO[C@H]1[C@@H](O)[C@@H](CO[Si](c2ccccc2)(c2ccccc2)C(C)(C)C)O[C@@H](Oc2ccc(OC)cc2)[C@@H]1O. The predicted octanol–water partition coefficient (Wildman–Crippen LogP) is 3.67. The first-order chi connectivity index (χ1) is 19.2. The van der Waals surface area contributed by atoms with E-state index in [0.717, 1.165) is 10.4 Å². The minimum absolute atomic E-state index is 0.0671. The van der Waals surface area contributed by atoms with E-state index >= 15 is 0 Å². The number of methoxy groups -OCH3 is 1. The molecule has 5 atom stereocenters. The predicted molar refractivity (Wildman–Crippen MR) is 158 cm³/mol. The summed E-state index contributed by atoms with van der Waals surface area (Å²) in [5, 5.41) is 24.4. The summed E-state index contributed by atoms with van der Waals surface area (Å²) in [6.45, 7) is 10.5. The van der Waals surface area contributed by atoms with Crippen LogP contribution in [0.3, 0.4) is 0 Å². The molecule has 1 aliphatic rings. The van der Waals surface area contributed by atoms with Crippen LogP contribution in [0.15, 0.2) is 97.6 Å². The van der Waals surface area contributed by atoms with E-state index < -0.39 is 39.0 Å². The Morgan fingerprint density at radius 1 is 0.850 bits per heavy atom. The van der Waals surface area contributed by atoms with Crippen molar-refractivity contribution in [3.05, 3.63) is 97.6 Å². The van der Waals surface area contributed by atoms with Gasteiger partial charge >= 0.3 is 0 Å². The highest BCUT2D eigenvalue weighted by molar-refractivity contribution is 6.99. The Kier molecular flexibility index (Phi) is 9.84. The van der Waals surface area contributed by atoms with Crippen LogP contribution >= 0.6 is 0 Å². The molecule has 40 heavy (non-hydrogen) atoms. The lowest BCUT2D eigenvalue weighted by Crippen LogP contribution is -2.68. The zero-order valence-electron chi connectivity index (χ0n) is 23.6. The molecule has 0 unspecified atom stereocenters. The molecule has 0 spiro atoms. The Balaban J connectivity index is 1.66. The molecule has 0 aliphatic carbocycles. The maximum atomic E-state index is 11.3. The summed E-state index contributed by atoms with van der Waals surface area (Å²) in [5.41, 5.74) is 0. The number of hydrogen-bond donors (Lipinski definition) is 2. The average molecular weight is 565 g/mol. The van der Waals surface area contributed by atoms with Gasteiger partial charge in [0, 0.05) is 0 Å². The Morgan fingerprint density at radius 3 is 1.90 bits per heavy atom. The lowest BCUT2D eigenvalue weighted by atomic mass is 9.99. The highest BCUT2D eigenvalue weighted by atomic mass is 28.4. The summed E-state index contributed by atoms with van der Waals surface area (Å²) in [6.07, 6.45) is -3.74. The first-order valence-corrected chi connectivity index (χ1v) is 15.4. The molecule has 0 saturated carbocycles. The minimum atomic E-state index is -2.90. The van der Waals surface area contributed by atoms with Crippen molar-refractivity contribution >= 4 is 18.7 Å². The van der Waals surface area contributed by atoms with Crippen molar-refractivity contribution in [2.24, 2.45) is 0 Å². The van der Waals surface area contributed by atoms with Crippen LogP contribution in [0.4, 0.5) is 0 Å². The molecule has 1 aliphatic heterocycles. The van der Waals surface area contributed by atoms with Crippen molar-refractivity contribution in [1.29, 1.82) is 0 Å². The quantitative estimate of drug-likeness (QED) is 0.272. The van der Waals surface area contributed by atoms with Crippen LogP contribution in [-0.4, -0.2) is 69.6 Å². The summed E-state index contributed by atoms with van der Waals surface area (Å²) in [6, 6.07) is 27.5. The van der Waals surface area contributed by atoms with E-state index in [-0.39, 0.29) is 18.3 Å². The first-order valence-electron chi connectivity index (χ1n) is 13.5. The molecule has 4 rings (SSSR count). The van der Waals surface area contributed by atoms with E-state index in [2.05, 4.69) is 51.6 Å². The van der Waals surface area contributed by atoms with Crippen LogP contribution in [-0.2, 0) is 13.9 Å². The Bertz CT molecular complexity index is 1160. The van der Waals surface area contributed by atoms with Gasteiger partial charge in [-0.05, 0) is 39.7 Å². The molecule has 0 radical (unpaired) electrons. The van der Waals surface area contributed by atoms with Crippen molar-refractivity contribution in [2.75, 3.05) is 20.3 Å². The summed E-state index contributed by atoms with van der Waals surface area (Å²) in [7, 11) is -1.31. The summed E-state index contributed by atoms with van der Waals surface area (Å²) < 4.78 is 30.3. The van der Waals surface area contributed by atoms with Gasteiger partial charge in [0.05, 0.1) is 20.3 Å². The van der Waals surface area contributed by atoms with Gasteiger partial charge in [0.25, 0.3) is 8.32 Å². The van der Waals surface area contributed by atoms with Crippen molar-refractivity contribution in [3.8, 4) is 11.5 Å². The summed E-state index contributed by atoms with van der Waals surface area (Å²) in [5.74, 6) is 1.16. The maximum absolute atomic E-state index is 11.3. The topological polar surface area (TPSA) is 86.6 Å². The first kappa shape index (κ1) is 30.0. The molecule has 7 nitrogen and oxygen atoms in total. The van der Waals surface area contributed by atoms with Crippen molar-refractivity contribution in [2.45, 2.75) is 56.5 Å². The van der Waals surface area contributed by atoms with Crippen LogP contribution < -0.4 is 19.8 Å². The normalized spacial score (nSPS) is 23.4. The number of rotatable bonds is 11. The number of ether oxygens (including phenoxy) is 4. The van der Waals surface area contributed by atoms with Crippen LogP contribution in [0.1, 0.15) is 20.8 Å². The molecule has 0 aromatic heterocycles. The van der Waals surface area contributed by atoms with Gasteiger partial charge in [0.1, 0.15) is 35.9 Å². The van der Waals surface area contributed by atoms with Crippen molar-refractivity contribution < 1.29 is 33.6 Å². The lowest BCUT2D eigenvalue weighted by Gasteiger charge is -2.46. The fourth-order valence-electron chi connectivity index (χ4n) is 5.27. The van der Waals surface area contributed by atoms with Gasteiger partial charge in [-0.25, -0.2) is 0 Å². The zero-order chi connectivity index (χ0) is 28.8. The minimum Gasteiger partial charge on any atom is -0.497 e. The molecular formula is C32H40O7Si. The lowest BCUT2D eigenvalue weighted by molar-refractivity contribution is -0.283. The van der Waals surface area contributed by atoms with Crippen LogP contribution in [0.25, 0.3) is 0 Å². The molecule has 1 fully saturated rings. The van der Waals surface area contributed by atoms with Crippen molar-refractivity contribution in [1.82, 2.24) is 0 Å². The van der Waals surface area contributed by atoms with Gasteiger partial charge in [0.15, 0.2) is 0 Å². The molecule has 3 aromatic carbocycles. The van der Waals surface area contributed by atoms with Crippen molar-refractivity contribution in [3.63, 3.8) is 0 Å². The average Bonchev–Trinajstić information content (AvgIpc) is 2.96. The molecule has 1 saturated heterocycles. The van der Waals surface area contributed by atoms with Gasteiger partial charge in [-0.15, -0.1) is 6.58 Å². The van der Waals surface area contributed by atoms with Gasteiger partial charge in [0.2, 0.25) is 6.29 Å². The van der Waals surface area contributed by atoms with E-state index in [4.69, 9.17) is 23.4 Å². The number of benzene rings is 3. The maximum Gasteiger partial charge on any atom is 0.261 e. The van der Waals surface area contributed by atoms with E-state index in [1.54, 1.807) is 37.5 Å². The third kappa shape index (κ3) is 6.33. The molecular weight excluding hydrogens is 524 g/mol. The number of hydrogen-bond acceptors (Lipinski definition) is 7. The largest absolute Gasteiger partial charge is 0.497 e. The van der Waals surface area contributed by atoms with E-state index in [1.807, 2.05) is 36.4 Å².